The quantitative estimate of drug-likeness (QED) is 0.420. The molecule has 0 atom stereocenters. The SMILES string of the molecule is CCCC(=O)N1CCN(c2ccc(Cl)cc2NC(=O)c2ccc(-c3ccc(Br)cc3)o2)CC1. The minimum Gasteiger partial charge on any atom is -0.451 e. The molecule has 1 N–H and O–H groups in total. The Hall–Kier alpha value is -2.77. The van der Waals surface area contributed by atoms with Crippen LogP contribution < -0.4 is 10.2 Å². The molecule has 1 saturated heterocycles. The maximum absolute atomic E-state index is 12.9. The minimum absolute atomic E-state index is 0.196. The molecule has 1 aliphatic rings. The van der Waals surface area contributed by atoms with Crippen molar-refractivity contribution in [3.63, 3.8) is 0 Å². The molecule has 1 fully saturated rings. The fourth-order valence-electron chi connectivity index (χ4n) is 3.87. The Morgan fingerprint density at radius 3 is 2.45 bits per heavy atom. The smallest absolute Gasteiger partial charge is 0.291 e. The van der Waals surface area contributed by atoms with Gasteiger partial charge in [0.15, 0.2) is 5.76 Å². The maximum Gasteiger partial charge on any atom is 0.291 e. The van der Waals surface area contributed by atoms with E-state index in [-0.39, 0.29) is 17.6 Å². The summed E-state index contributed by atoms with van der Waals surface area (Å²) < 4.78 is 6.78. The maximum atomic E-state index is 12.9. The Kier molecular flexibility index (Phi) is 7.40. The molecule has 0 spiro atoms. The first-order valence-electron chi connectivity index (χ1n) is 10.9. The first kappa shape index (κ1) is 23.4. The highest BCUT2D eigenvalue weighted by Gasteiger charge is 2.23. The number of furan rings is 1. The van der Waals surface area contributed by atoms with Gasteiger partial charge in [0.1, 0.15) is 5.76 Å². The van der Waals surface area contributed by atoms with Crippen molar-refractivity contribution in [3.05, 3.63) is 69.9 Å². The molecule has 1 aromatic heterocycles. The highest BCUT2D eigenvalue weighted by atomic mass is 79.9. The van der Waals surface area contributed by atoms with Crippen LogP contribution in [0.1, 0.15) is 30.3 Å². The standard InChI is InChI=1S/C25H25BrClN3O3/c1-2-3-24(31)30-14-12-29(13-15-30)21-9-8-19(27)16-20(21)28-25(32)23-11-10-22(33-23)17-4-6-18(26)7-5-17/h4-11,16H,2-3,12-15H2,1H3,(H,28,32). The lowest BCUT2D eigenvalue weighted by Gasteiger charge is -2.37. The van der Waals surface area contributed by atoms with E-state index < -0.39 is 0 Å². The molecule has 2 heterocycles. The van der Waals surface area contributed by atoms with Crippen LogP contribution in [0.5, 0.6) is 0 Å². The van der Waals surface area contributed by atoms with Gasteiger partial charge in [-0.1, -0.05) is 46.6 Å². The highest BCUT2D eigenvalue weighted by Crippen LogP contribution is 2.31. The van der Waals surface area contributed by atoms with Crippen molar-refractivity contribution in [1.82, 2.24) is 4.90 Å². The molecule has 0 aliphatic carbocycles. The fraction of sp³-hybridized carbons (Fsp3) is 0.280. The summed E-state index contributed by atoms with van der Waals surface area (Å²) in [7, 11) is 0. The van der Waals surface area contributed by atoms with Crippen molar-refractivity contribution in [3.8, 4) is 11.3 Å². The Morgan fingerprint density at radius 1 is 1.03 bits per heavy atom. The molecule has 3 aromatic rings. The number of anilines is 2. The van der Waals surface area contributed by atoms with Gasteiger partial charge >= 0.3 is 0 Å². The number of amides is 2. The number of rotatable bonds is 6. The van der Waals surface area contributed by atoms with E-state index in [1.54, 1.807) is 24.3 Å². The second-order valence-electron chi connectivity index (χ2n) is 7.90. The van der Waals surface area contributed by atoms with Crippen LogP contribution in [0.15, 0.2) is 63.5 Å². The van der Waals surface area contributed by atoms with Gasteiger partial charge in [-0.25, -0.2) is 0 Å². The summed E-state index contributed by atoms with van der Waals surface area (Å²) >= 11 is 9.65. The third kappa shape index (κ3) is 5.60. The zero-order valence-electron chi connectivity index (χ0n) is 18.3. The average molecular weight is 531 g/mol. The van der Waals surface area contributed by atoms with Gasteiger partial charge in [0.2, 0.25) is 5.91 Å². The third-order valence-corrected chi connectivity index (χ3v) is 6.37. The van der Waals surface area contributed by atoms with Crippen molar-refractivity contribution in [2.45, 2.75) is 19.8 Å². The molecule has 2 aromatic carbocycles. The van der Waals surface area contributed by atoms with Crippen LogP contribution in [0, 0.1) is 0 Å². The topological polar surface area (TPSA) is 65.8 Å². The van der Waals surface area contributed by atoms with Crippen molar-refractivity contribution in [2.75, 3.05) is 36.4 Å². The first-order chi connectivity index (χ1) is 15.9. The Bertz CT molecular complexity index is 1140. The predicted molar refractivity (Wildman–Crippen MR) is 135 cm³/mol. The van der Waals surface area contributed by atoms with Crippen LogP contribution in [-0.4, -0.2) is 42.9 Å². The molecule has 0 saturated carbocycles. The second kappa shape index (κ2) is 10.4. The molecule has 1 aliphatic heterocycles. The van der Waals surface area contributed by atoms with E-state index in [2.05, 4.69) is 26.1 Å². The summed E-state index contributed by atoms with van der Waals surface area (Å²) in [5, 5.41) is 3.47. The highest BCUT2D eigenvalue weighted by molar-refractivity contribution is 9.10. The van der Waals surface area contributed by atoms with E-state index in [0.29, 0.717) is 49.1 Å². The van der Waals surface area contributed by atoms with Gasteiger partial charge < -0.3 is 19.5 Å². The number of hydrogen-bond donors (Lipinski definition) is 1. The minimum atomic E-state index is -0.348. The Balaban J connectivity index is 1.48. The molecule has 8 heteroatoms. The molecule has 0 bridgehead atoms. The van der Waals surface area contributed by atoms with E-state index in [4.69, 9.17) is 16.0 Å². The van der Waals surface area contributed by atoms with E-state index in [0.717, 1.165) is 22.1 Å². The lowest BCUT2D eigenvalue weighted by atomic mass is 10.2. The number of nitrogens with one attached hydrogen (secondary N) is 1. The van der Waals surface area contributed by atoms with E-state index in [1.807, 2.05) is 42.2 Å². The summed E-state index contributed by atoms with van der Waals surface area (Å²) in [6.45, 7) is 4.70. The van der Waals surface area contributed by atoms with E-state index >= 15 is 0 Å². The lowest BCUT2D eigenvalue weighted by molar-refractivity contribution is -0.131. The molecule has 0 unspecified atom stereocenters. The molecule has 4 rings (SSSR count). The normalized spacial score (nSPS) is 13.8. The number of carbonyl (C=O) groups excluding carboxylic acids is 2. The number of halogens is 2. The number of nitrogens with zero attached hydrogens (tertiary/aromatic N) is 2. The number of carbonyl (C=O) groups is 2. The van der Waals surface area contributed by atoms with E-state index in [1.165, 1.54) is 0 Å². The number of benzene rings is 2. The van der Waals surface area contributed by atoms with Gasteiger partial charge in [-0.3, -0.25) is 9.59 Å². The number of piperazine rings is 1. The Morgan fingerprint density at radius 2 is 1.76 bits per heavy atom. The summed E-state index contributed by atoms with van der Waals surface area (Å²) in [5.41, 5.74) is 2.37. The monoisotopic (exact) mass is 529 g/mol. The molecule has 0 radical (unpaired) electrons. The molecular formula is C25H25BrClN3O3. The molecular weight excluding hydrogens is 506 g/mol. The van der Waals surface area contributed by atoms with Crippen LogP contribution in [0.3, 0.4) is 0 Å². The van der Waals surface area contributed by atoms with Crippen LogP contribution in [-0.2, 0) is 4.79 Å². The van der Waals surface area contributed by atoms with Gasteiger partial charge in [-0.05, 0) is 48.9 Å². The summed E-state index contributed by atoms with van der Waals surface area (Å²) in [5.74, 6) is 0.681. The van der Waals surface area contributed by atoms with Crippen molar-refractivity contribution in [1.29, 1.82) is 0 Å². The Labute approximate surface area is 206 Å². The zero-order chi connectivity index (χ0) is 23.4. The van der Waals surface area contributed by atoms with E-state index in [9.17, 15) is 9.59 Å². The first-order valence-corrected chi connectivity index (χ1v) is 12.1. The summed E-state index contributed by atoms with van der Waals surface area (Å²) in [4.78, 5) is 29.2. The van der Waals surface area contributed by atoms with Gasteiger partial charge in [0, 0.05) is 47.7 Å². The van der Waals surface area contributed by atoms with Gasteiger partial charge in [-0.15, -0.1) is 0 Å². The zero-order valence-corrected chi connectivity index (χ0v) is 20.7. The molecule has 172 valence electrons. The second-order valence-corrected chi connectivity index (χ2v) is 9.26. The van der Waals surface area contributed by atoms with Crippen LogP contribution in [0.25, 0.3) is 11.3 Å². The van der Waals surface area contributed by atoms with Crippen LogP contribution in [0.4, 0.5) is 11.4 Å². The predicted octanol–water partition coefficient (Wildman–Crippen LogP) is 6.06. The molecule has 2 amide bonds. The van der Waals surface area contributed by atoms with Gasteiger partial charge in [0.05, 0.1) is 11.4 Å². The lowest BCUT2D eigenvalue weighted by Crippen LogP contribution is -2.48. The number of hydrogen-bond acceptors (Lipinski definition) is 4. The van der Waals surface area contributed by atoms with Gasteiger partial charge in [0.25, 0.3) is 5.91 Å². The molecule has 33 heavy (non-hydrogen) atoms. The fourth-order valence-corrected chi connectivity index (χ4v) is 4.30. The largest absolute Gasteiger partial charge is 0.451 e. The average Bonchev–Trinajstić information content (AvgIpc) is 3.31. The van der Waals surface area contributed by atoms with Crippen molar-refractivity contribution in [2.24, 2.45) is 0 Å². The summed E-state index contributed by atoms with van der Waals surface area (Å²) in [6, 6.07) is 16.6. The van der Waals surface area contributed by atoms with Crippen LogP contribution >= 0.6 is 27.5 Å². The van der Waals surface area contributed by atoms with Crippen molar-refractivity contribution < 1.29 is 14.0 Å². The van der Waals surface area contributed by atoms with Crippen molar-refractivity contribution >= 4 is 50.7 Å². The third-order valence-electron chi connectivity index (χ3n) is 5.60. The summed E-state index contributed by atoms with van der Waals surface area (Å²) in [6.07, 6.45) is 1.43. The van der Waals surface area contributed by atoms with Gasteiger partial charge in [-0.2, -0.15) is 0 Å². The molecule has 6 nitrogen and oxygen atoms in total. The van der Waals surface area contributed by atoms with Crippen LogP contribution in [0.2, 0.25) is 5.02 Å².